The molecule has 1 N–H and O–H groups in total. The summed E-state index contributed by atoms with van der Waals surface area (Å²) in [7, 11) is 1.44. The molecular weight excluding hydrogens is 517 g/mol. The number of ether oxygens (including phenoxy) is 2. The van der Waals surface area contributed by atoms with E-state index in [4.69, 9.17) is 16.3 Å². The SMILES string of the molecule is Cn1c(=O)n(C2CC(O)C2)c(=O)c2c1nc(OC1=C=C=CC(OC(F)(F)F)=C1)n2Cc1ccc(Cl)cc1. The number of hydrogen-bond donors (Lipinski definition) is 1. The molecule has 0 saturated heterocycles. The van der Waals surface area contributed by atoms with Gasteiger partial charge in [0.25, 0.3) is 5.56 Å². The van der Waals surface area contributed by atoms with Crippen LogP contribution in [0.1, 0.15) is 24.4 Å². The van der Waals surface area contributed by atoms with Crippen LogP contribution in [0.15, 0.2) is 69.0 Å². The van der Waals surface area contributed by atoms with Crippen LogP contribution in [0.25, 0.3) is 11.2 Å². The van der Waals surface area contributed by atoms with E-state index in [0.29, 0.717) is 10.6 Å². The number of aliphatic hydroxyl groups excluding tert-OH is 1. The van der Waals surface area contributed by atoms with E-state index in [9.17, 15) is 27.9 Å². The Balaban J connectivity index is 1.65. The second-order valence-corrected chi connectivity index (χ2v) is 8.99. The van der Waals surface area contributed by atoms with Gasteiger partial charge in [-0.05, 0) is 36.3 Å². The number of imidazole rings is 1. The minimum absolute atomic E-state index is 0.0155. The standard InChI is InChI=1S/C24H18ClF3N4O5/c1-30-20-19(21(34)32(23(30)35)15-9-16(33)10-15)31(12-13-5-7-14(25)8-6-13)22(29-20)36-17-3-2-4-18(11-17)37-24(26,27)28/h4-8,11,15-16,33H,9-10,12H2,1H3. The van der Waals surface area contributed by atoms with Gasteiger partial charge >= 0.3 is 18.1 Å². The molecule has 37 heavy (non-hydrogen) atoms. The number of rotatable bonds is 6. The Morgan fingerprint density at radius 1 is 1.22 bits per heavy atom. The zero-order chi connectivity index (χ0) is 26.5. The van der Waals surface area contributed by atoms with Crippen molar-refractivity contribution in [3.63, 3.8) is 0 Å². The number of fused-ring (bicyclic) bond motifs is 1. The third-order valence-corrected chi connectivity index (χ3v) is 6.22. The van der Waals surface area contributed by atoms with Crippen molar-refractivity contribution in [1.82, 2.24) is 18.7 Å². The third kappa shape index (κ3) is 4.87. The van der Waals surface area contributed by atoms with Crippen LogP contribution < -0.4 is 16.0 Å². The second kappa shape index (κ2) is 9.17. The van der Waals surface area contributed by atoms with Crippen molar-refractivity contribution < 1.29 is 27.8 Å². The largest absolute Gasteiger partial charge is 0.573 e. The fraction of sp³-hybridized carbons (Fsp3) is 0.292. The lowest BCUT2D eigenvalue weighted by Crippen LogP contribution is -2.47. The highest BCUT2D eigenvalue weighted by Crippen LogP contribution is 2.31. The number of aliphatic hydroxyl groups is 1. The van der Waals surface area contributed by atoms with E-state index in [1.165, 1.54) is 16.2 Å². The molecule has 3 aromatic rings. The van der Waals surface area contributed by atoms with E-state index in [1.54, 1.807) is 24.3 Å². The lowest BCUT2D eigenvalue weighted by Gasteiger charge is -2.32. The summed E-state index contributed by atoms with van der Waals surface area (Å²) in [5, 5.41) is 10.2. The van der Waals surface area contributed by atoms with Crippen molar-refractivity contribution in [2.24, 2.45) is 7.05 Å². The predicted octanol–water partition coefficient (Wildman–Crippen LogP) is 3.30. The molecule has 0 unspecified atom stereocenters. The van der Waals surface area contributed by atoms with Gasteiger partial charge in [0.2, 0.25) is 0 Å². The quantitative estimate of drug-likeness (QED) is 0.487. The summed E-state index contributed by atoms with van der Waals surface area (Å²) in [5.74, 6) is -0.790. The van der Waals surface area contributed by atoms with Crippen molar-refractivity contribution in [2.75, 3.05) is 0 Å². The van der Waals surface area contributed by atoms with Crippen molar-refractivity contribution in [3.8, 4) is 6.01 Å². The molecule has 13 heteroatoms. The summed E-state index contributed by atoms with van der Waals surface area (Å²) in [5.41, 5.74) is 4.44. The van der Waals surface area contributed by atoms with E-state index < -0.39 is 35.5 Å². The van der Waals surface area contributed by atoms with Crippen LogP contribution in [0.4, 0.5) is 13.2 Å². The molecule has 2 aliphatic carbocycles. The molecule has 0 atom stereocenters. The summed E-state index contributed by atoms with van der Waals surface area (Å²) < 4.78 is 51.3. The molecule has 192 valence electrons. The molecule has 0 spiro atoms. The Labute approximate surface area is 211 Å². The number of nitrogens with zero attached hydrogens (tertiary/aromatic N) is 4. The number of alkyl halides is 3. The van der Waals surface area contributed by atoms with Gasteiger partial charge in [0.1, 0.15) is 5.76 Å². The summed E-state index contributed by atoms with van der Waals surface area (Å²) in [6.07, 6.45) is -3.13. The lowest BCUT2D eigenvalue weighted by atomic mass is 9.89. The first-order valence-corrected chi connectivity index (χ1v) is 11.4. The Hall–Kier alpha value is -3.95. The molecule has 2 aliphatic rings. The smallest absolute Gasteiger partial charge is 0.416 e. The molecule has 2 heterocycles. The van der Waals surface area contributed by atoms with Gasteiger partial charge in [-0.3, -0.25) is 18.5 Å². The maximum absolute atomic E-state index is 13.6. The van der Waals surface area contributed by atoms with E-state index >= 15 is 0 Å². The fourth-order valence-electron chi connectivity index (χ4n) is 4.14. The van der Waals surface area contributed by atoms with E-state index in [2.05, 4.69) is 21.2 Å². The van der Waals surface area contributed by atoms with Crippen molar-refractivity contribution in [3.05, 3.63) is 90.8 Å². The number of hydrogen-bond acceptors (Lipinski definition) is 6. The van der Waals surface area contributed by atoms with Crippen LogP contribution in [0.2, 0.25) is 5.02 Å². The first-order chi connectivity index (χ1) is 17.5. The summed E-state index contributed by atoms with van der Waals surface area (Å²) in [6, 6.07) is 6.10. The van der Waals surface area contributed by atoms with Gasteiger partial charge < -0.3 is 14.6 Å². The van der Waals surface area contributed by atoms with Crippen molar-refractivity contribution in [2.45, 2.75) is 37.9 Å². The van der Waals surface area contributed by atoms with E-state index in [0.717, 1.165) is 16.7 Å². The number of aromatic nitrogens is 4. The monoisotopic (exact) mass is 534 g/mol. The normalized spacial score (nSPS) is 19.0. The number of allylic oxidation sites excluding steroid dienone is 2. The molecule has 5 rings (SSSR count). The average Bonchev–Trinajstić information content (AvgIpc) is 3.15. The van der Waals surface area contributed by atoms with Gasteiger partial charge in [-0.15, -0.1) is 13.2 Å². The van der Waals surface area contributed by atoms with Crippen molar-refractivity contribution in [1.29, 1.82) is 0 Å². The Bertz CT molecular complexity index is 1650. The van der Waals surface area contributed by atoms with Gasteiger partial charge in [-0.25, -0.2) is 4.79 Å². The zero-order valence-electron chi connectivity index (χ0n) is 19.1. The van der Waals surface area contributed by atoms with Crippen LogP contribution in [-0.2, 0) is 18.3 Å². The van der Waals surface area contributed by atoms with Gasteiger partial charge in [0, 0.05) is 30.3 Å². The lowest BCUT2D eigenvalue weighted by molar-refractivity contribution is -0.303. The van der Waals surface area contributed by atoms with Crippen molar-refractivity contribution >= 4 is 22.8 Å². The summed E-state index contributed by atoms with van der Waals surface area (Å²) >= 11 is 5.99. The second-order valence-electron chi connectivity index (χ2n) is 8.55. The fourth-order valence-corrected chi connectivity index (χ4v) is 4.26. The molecule has 1 saturated carbocycles. The third-order valence-electron chi connectivity index (χ3n) is 5.97. The summed E-state index contributed by atoms with van der Waals surface area (Å²) in [4.78, 5) is 30.9. The first kappa shape index (κ1) is 24.7. The molecule has 1 fully saturated rings. The molecular formula is C24H18ClF3N4O5. The van der Waals surface area contributed by atoms with Gasteiger partial charge in [0.15, 0.2) is 16.9 Å². The van der Waals surface area contributed by atoms with E-state index in [-0.39, 0.29) is 42.3 Å². The van der Waals surface area contributed by atoms with Crippen LogP contribution in [-0.4, -0.2) is 36.3 Å². The van der Waals surface area contributed by atoms with E-state index in [1.807, 2.05) is 0 Å². The zero-order valence-corrected chi connectivity index (χ0v) is 19.9. The van der Waals surface area contributed by atoms with Crippen LogP contribution in [0.5, 0.6) is 6.01 Å². The molecule has 0 amide bonds. The van der Waals surface area contributed by atoms with Gasteiger partial charge in [-0.2, -0.15) is 4.98 Å². The maximum Gasteiger partial charge on any atom is 0.573 e. The minimum atomic E-state index is -4.92. The maximum atomic E-state index is 13.6. The van der Waals surface area contributed by atoms with Gasteiger partial charge in [0.05, 0.1) is 12.6 Å². The van der Waals surface area contributed by atoms with Crippen LogP contribution in [0, 0.1) is 0 Å². The molecule has 2 aromatic heterocycles. The van der Waals surface area contributed by atoms with Gasteiger partial charge in [-0.1, -0.05) is 29.5 Å². The minimum Gasteiger partial charge on any atom is -0.416 e. The first-order valence-electron chi connectivity index (χ1n) is 11.0. The molecule has 0 bridgehead atoms. The highest BCUT2D eigenvalue weighted by Gasteiger charge is 2.34. The highest BCUT2D eigenvalue weighted by atomic mass is 35.5. The Morgan fingerprint density at radius 3 is 2.57 bits per heavy atom. The topological polar surface area (TPSA) is 101 Å². The Morgan fingerprint density at radius 2 is 1.92 bits per heavy atom. The summed E-state index contributed by atoms with van der Waals surface area (Å²) in [6.45, 7) is 0.0617. The number of aryl methyl sites for hydroxylation is 1. The van der Waals surface area contributed by atoms with Crippen LogP contribution in [0.3, 0.4) is 0 Å². The van der Waals surface area contributed by atoms with Crippen LogP contribution >= 0.6 is 11.6 Å². The number of halogens is 4. The Kier molecular flexibility index (Phi) is 6.13. The molecule has 0 radical (unpaired) electrons. The highest BCUT2D eigenvalue weighted by molar-refractivity contribution is 6.30. The average molecular weight is 535 g/mol. The number of benzene rings is 1. The molecule has 9 nitrogen and oxygen atoms in total. The molecule has 0 aliphatic heterocycles. The molecule has 1 aromatic carbocycles. The predicted molar refractivity (Wildman–Crippen MR) is 125 cm³/mol.